The number of rotatable bonds is 1. The number of aryl methyl sites for hydroxylation is 2. The van der Waals surface area contributed by atoms with Gasteiger partial charge in [-0.1, -0.05) is 31.5 Å². The Morgan fingerprint density at radius 2 is 1.93 bits per heavy atom. The molecular formula is C13H16ClN. The van der Waals surface area contributed by atoms with Gasteiger partial charge in [-0.05, 0) is 30.0 Å². The van der Waals surface area contributed by atoms with Crippen molar-refractivity contribution in [2.45, 2.75) is 26.7 Å². The van der Waals surface area contributed by atoms with E-state index in [1.165, 1.54) is 22.0 Å². The van der Waals surface area contributed by atoms with Crippen molar-refractivity contribution in [3.63, 3.8) is 0 Å². The van der Waals surface area contributed by atoms with Crippen LogP contribution >= 0.6 is 11.6 Å². The van der Waals surface area contributed by atoms with Gasteiger partial charge in [-0.15, -0.1) is 0 Å². The molecule has 0 fully saturated rings. The van der Waals surface area contributed by atoms with Crippen molar-refractivity contribution in [3.8, 4) is 0 Å². The van der Waals surface area contributed by atoms with Gasteiger partial charge >= 0.3 is 0 Å². The maximum absolute atomic E-state index is 6.19. The lowest BCUT2D eigenvalue weighted by molar-refractivity contribution is 0.864. The van der Waals surface area contributed by atoms with Gasteiger partial charge in [0.2, 0.25) is 0 Å². The van der Waals surface area contributed by atoms with Gasteiger partial charge in [-0.25, -0.2) is 0 Å². The van der Waals surface area contributed by atoms with Gasteiger partial charge in [0.05, 0.1) is 5.02 Å². The van der Waals surface area contributed by atoms with Crippen LogP contribution in [0.1, 0.15) is 30.9 Å². The number of hydrogen-bond acceptors (Lipinski definition) is 0. The lowest BCUT2D eigenvalue weighted by Gasteiger charge is -2.08. The van der Waals surface area contributed by atoms with Gasteiger partial charge in [0, 0.05) is 24.1 Å². The molecule has 0 aliphatic carbocycles. The van der Waals surface area contributed by atoms with Crippen LogP contribution in [0.15, 0.2) is 18.3 Å². The van der Waals surface area contributed by atoms with E-state index in [-0.39, 0.29) is 0 Å². The zero-order valence-electron chi connectivity index (χ0n) is 9.63. The second-order valence-electron chi connectivity index (χ2n) is 4.47. The van der Waals surface area contributed by atoms with Crippen molar-refractivity contribution in [1.82, 2.24) is 4.57 Å². The van der Waals surface area contributed by atoms with Crippen LogP contribution in [0.5, 0.6) is 0 Å². The summed E-state index contributed by atoms with van der Waals surface area (Å²) in [5, 5.41) is 2.03. The molecule has 2 heteroatoms. The third-order valence-corrected chi connectivity index (χ3v) is 3.22. The van der Waals surface area contributed by atoms with Crippen molar-refractivity contribution in [1.29, 1.82) is 0 Å². The molecule has 1 aromatic carbocycles. The van der Waals surface area contributed by atoms with Crippen LogP contribution in [-0.4, -0.2) is 4.57 Å². The molecular weight excluding hydrogens is 206 g/mol. The molecule has 0 saturated heterocycles. The molecule has 0 N–H and O–H groups in total. The fourth-order valence-corrected chi connectivity index (χ4v) is 2.41. The SMILES string of the molecule is Cc1cc(C(C)C)cc2c1c(Cl)cn2C. The third kappa shape index (κ3) is 1.65. The molecule has 1 nitrogen and oxygen atoms in total. The van der Waals surface area contributed by atoms with Crippen LogP contribution in [-0.2, 0) is 7.05 Å². The fraction of sp³-hybridized carbons (Fsp3) is 0.385. The van der Waals surface area contributed by atoms with Crippen LogP contribution in [0, 0.1) is 6.92 Å². The molecule has 0 aliphatic heterocycles. The number of fused-ring (bicyclic) bond motifs is 1. The standard InChI is InChI=1S/C13H16ClN/c1-8(2)10-5-9(3)13-11(14)7-15(4)12(13)6-10/h5-8H,1-4H3. The Kier molecular flexibility index (Phi) is 2.51. The fourth-order valence-electron chi connectivity index (χ4n) is 2.02. The minimum Gasteiger partial charge on any atom is -0.349 e. The van der Waals surface area contributed by atoms with E-state index < -0.39 is 0 Å². The molecule has 1 heterocycles. The van der Waals surface area contributed by atoms with Gasteiger partial charge in [-0.2, -0.15) is 0 Å². The van der Waals surface area contributed by atoms with E-state index in [2.05, 4.69) is 37.5 Å². The highest BCUT2D eigenvalue weighted by Gasteiger charge is 2.10. The summed E-state index contributed by atoms with van der Waals surface area (Å²) in [5.74, 6) is 0.557. The van der Waals surface area contributed by atoms with Crippen LogP contribution in [0.3, 0.4) is 0 Å². The Hall–Kier alpha value is -0.950. The summed E-state index contributed by atoms with van der Waals surface area (Å²) in [6.07, 6.45) is 1.98. The molecule has 1 aromatic heterocycles. The van der Waals surface area contributed by atoms with Crippen LogP contribution in [0.4, 0.5) is 0 Å². The normalized spacial score (nSPS) is 11.6. The number of halogens is 1. The van der Waals surface area contributed by atoms with Crippen molar-refractivity contribution < 1.29 is 0 Å². The predicted octanol–water partition coefficient (Wildman–Crippen LogP) is 4.26. The Bertz CT molecular complexity index is 509. The van der Waals surface area contributed by atoms with Gasteiger partial charge in [0.25, 0.3) is 0 Å². The zero-order valence-corrected chi connectivity index (χ0v) is 10.4. The molecule has 2 rings (SSSR count). The summed E-state index contributed by atoms with van der Waals surface area (Å²) < 4.78 is 2.09. The lowest BCUT2D eigenvalue weighted by atomic mass is 9.99. The molecule has 0 bridgehead atoms. The van der Waals surface area contributed by atoms with E-state index in [1.807, 2.05) is 13.2 Å². The maximum Gasteiger partial charge on any atom is 0.0664 e. The van der Waals surface area contributed by atoms with Gasteiger partial charge in [0.1, 0.15) is 0 Å². The Morgan fingerprint density at radius 1 is 1.27 bits per heavy atom. The molecule has 80 valence electrons. The highest BCUT2D eigenvalue weighted by Crippen LogP contribution is 2.31. The van der Waals surface area contributed by atoms with E-state index >= 15 is 0 Å². The summed E-state index contributed by atoms with van der Waals surface area (Å²) >= 11 is 6.19. The molecule has 0 amide bonds. The van der Waals surface area contributed by atoms with Gasteiger partial charge < -0.3 is 4.57 Å². The first-order valence-corrected chi connectivity index (χ1v) is 5.63. The number of aromatic nitrogens is 1. The van der Waals surface area contributed by atoms with E-state index in [4.69, 9.17) is 11.6 Å². The molecule has 0 unspecified atom stereocenters. The topological polar surface area (TPSA) is 4.93 Å². The number of hydrogen-bond donors (Lipinski definition) is 0. The average Bonchev–Trinajstić information content (AvgIpc) is 2.42. The van der Waals surface area contributed by atoms with Crippen molar-refractivity contribution >= 4 is 22.5 Å². The van der Waals surface area contributed by atoms with E-state index in [1.54, 1.807) is 0 Å². The molecule has 0 aliphatic rings. The maximum atomic E-state index is 6.19. The molecule has 0 radical (unpaired) electrons. The molecule has 0 saturated carbocycles. The average molecular weight is 222 g/mol. The minimum atomic E-state index is 0.557. The highest BCUT2D eigenvalue weighted by molar-refractivity contribution is 6.35. The van der Waals surface area contributed by atoms with Crippen LogP contribution in [0.2, 0.25) is 5.02 Å². The number of nitrogens with zero attached hydrogens (tertiary/aromatic N) is 1. The largest absolute Gasteiger partial charge is 0.349 e. The van der Waals surface area contributed by atoms with E-state index in [9.17, 15) is 0 Å². The summed E-state index contributed by atoms with van der Waals surface area (Å²) in [5.41, 5.74) is 3.86. The van der Waals surface area contributed by atoms with Gasteiger partial charge in [-0.3, -0.25) is 0 Å². The molecule has 0 spiro atoms. The first-order chi connectivity index (χ1) is 7.00. The smallest absolute Gasteiger partial charge is 0.0664 e. The minimum absolute atomic E-state index is 0.557. The second kappa shape index (κ2) is 3.57. The second-order valence-corrected chi connectivity index (χ2v) is 4.88. The van der Waals surface area contributed by atoms with Crippen LogP contribution < -0.4 is 0 Å². The summed E-state index contributed by atoms with van der Waals surface area (Å²) in [4.78, 5) is 0. The highest BCUT2D eigenvalue weighted by atomic mass is 35.5. The summed E-state index contributed by atoms with van der Waals surface area (Å²) in [7, 11) is 2.04. The van der Waals surface area contributed by atoms with Gasteiger partial charge in [0.15, 0.2) is 0 Å². The van der Waals surface area contributed by atoms with Crippen molar-refractivity contribution in [2.75, 3.05) is 0 Å². The Labute approximate surface area is 95.7 Å². The molecule has 0 atom stereocenters. The lowest BCUT2D eigenvalue weighted by Crippen LogP contribution is -1.91. The van der Waals surface area contributed by atoms with Crippen molar-refractivity contribution in [3.05, 3.63) is 34.5 Å². The number of benzene rings is 1. The summed E-state index contributed by atoms with van der Waals surface area (Å²) in [6.45, 7) is 6.55. The summed E-state index contributed by atoms with van der Waals surface area (Å²) in [6, 6.07) is 4.47. The first kappa shape index (κ1) is 10.6. The quantitative estimate of drug-likeness (QED) is 0.678. The first-order valence-electron chi connectivity index (χ1n) is 5.25. The van der Waals surface area contributed by atoms with E-state index in [0.29, 0.717) is 5.92 Å². The molecule has 15 heavy (non-hydrogen) atoms. The Morgan fingerprint density at radius 3 is 2.53 bits per heavy atom. The van der Waals surface area contributed by atoms with Crippen LogP contribution in [0.25, 0.3) is 10.9 Å². The predicted molar refractivity (Wildman–Crippen MR) is 66.8 cm³/mol. The van der Waals surface area contributed by atoms with Crippen molar-refractivity contribution in [2.24, 2.45) is 7.05 Å². The monoisotopic (exact) mass is 221 g/mol. The zero-order chi connectivity index (χ0) is 11.2. The Balaban J connectivity index is 2.81. The van der Waals surface area contributed by atoms with E-state index in [0.717, 1.165) is 5.02 Å². The molecule has 2 aromatic rings. The third-order valence-electron chi connectivity index (χ3n) is 2.93.